The summed E-state index contributed by atoms with van der Waals surface area (Å²) in [6.45, 7) is 4.29. The van der Waals surface area contributed by atoms with Gasteiger partial charge in [0, 0.05) is 3.92 Å². The van der Waals surface area contributed by atoms with Crippen LogP contribution < -0.4 is 0 Å². The third kappa shape index (κ3) is 4.65. The summed E-state index contributed by atoms with van der Waals surface area (Å²) in [7, 11) is 0. The Balaban J connectivity index is 2.88. The molecule has 0 radical (unpaired) electrons. The fourth-order valence-electron chi connectivity index (χ4n) is 1.38. The van der Waals surface area contributed by atoms with Crippen molar-refractivity contribution in [3.05, 3.63) is 54.1 Å². The van der Waals surface area contributed by atoms with Gasteiger partial charge in [-0.2, -0.15) is 0 Å². The summed E-state index contributed by atoms with van der Waals surface area (Å²) in [5, 5.41) is 0. The van der Waals surface area contributed by atoms with Crippen LogP contribution in [0.5, 0.6) is 0 Å². The average Bonchev–Trinajstić information content (AvgIpc) is 2.25. The number of hydrogen-bond donors (Lipinski definition) is 0. The van der Waals surface area contributed by atoms with Crippen LogP contribution >= 0.6 is 22.6 Å². The van der Waals surface area contributed by atoms with Crippen LogP contribution in [0.25, 0.3) is 5.57 Å². The Morgan fingerprint density at radius 1 is 1.33 bits per heavy atom. The quantitative estimate of drug-likeness (QED) is 0.423. The van der Waals surface area contributed by atoms with Crippen molar-refractivity contribution in [3.63, 3.8) is 0 Å². The van der Waals surface area contributed by atoms with Crippen LogP contribution in [0.4, 0.5) is 0 Å². The first-order valence-electron chi connectivity index (χ1n) is 5.26. The number of hydrogen-bond acceptors (Lipinski definition) is 0. The maximum Gasteiger partial charge on any atom is 0.0116 e. The molecule has 15 heavy (non-hydrogen) atoms. The maximum atomic E-state index is 2.45. The van der Waals surface area contributed by atoms with Crippen molar-refractivity contribution in [2.45, 2.75) is 24.2 Å². The SMILES string of the molecule is C/C=C\C(=C/CC(C)I)c1ccccc1. The number of benzene rings is 1. The molecule has 0 N–H and O–H groups in total. The minimum atomic E-state index is 0.687. The highest BCUT2D eigenvalue weighted by Crippen LogP contribution is 2.18. The molecule has 0 heterocycles. The Labute approximate surface area is 106 Å². The van der Waals surface area contributed by atoms with Gasteiger partial charge in [0.05, 0.1) is 0 Å². The summed E-state index contributed by atoms with van der Waals surface area (Å²) in [6.07, 6.45) is 7.70. The molecule has 0 saturated heterocycles. The Kier molecular flexibility index (Phi) is 5.69. The monoisotopic (exact) mass is 312 g/mol. The molecule has 80 valence electrons. The molecule has 0 aliphatic carbocycles. The van der Waals surface area contributed by atoms with E-state index in [4.69, 9.17) is 0 Å². The molecule has 0 aliphatic heterocycles. The zero-order chi connectivity index (χ0) is 11.1. The van der Waals surface area contributed by atoms with Gasteiger partial charge in [-0.05, 0) is 24.5 Å². The maximum absolute atomic E-state index is 2.45. The molecule has 0 aliphatic rings. The van der Waals surface area contributed by atoms with E-state index in [1.54, 1.807) is 0 Å². The molecule has 1 unspecified atom stereocenters. The van der Waals surface area contributed by atoms with E-state index in [9.17, 15) is 0 Å². The van der Waals surface area contributed by atoms with Crippen molar-refractivity contribution >= 4 is 28.2 Å². The van der Waals surface area contributed by atoms with Gasteiger partial charge in [-0.1, -0.05) is 78.1 Å². The van der Waals surface area contributed by atoms with Crippen molar-refractivity contribution < 1.29 is 0 Å². The fourth-order valence-corrected chi connectivity index (χ4v) is 1.64. The highest BCUT2D eigenvalue weighted by atomic mass is 127. The van der Waals surface area contributed by atoms with Crippen molar-refractivity contribution in [3.8, 4) is 0 Å². The average molecular weight is 312 g/mol. The van der Waals surface area contributed by atoms with Gasteiger partial charge in [0.2, 0.25) is 0 Å². The van der Waals surface area contributed by atoms with Gasteiger partial charge in [0.25, 0.3) is 0 Å². The van der Waals surface area contributed by atoms with Gasteiger partial charge in [0.1, 0.15) is 0 Å². The second-order valence-electron chi connectivity index (χ2n) is 3.54. The van der Waals surface area contributed by atoms with Crippen LogP contribution in [-0.4, -0.2) is 3.92 Å². The van der Waals surface area contributed by atoms with Crippen molar-refractivity contribution in [2.75, 3.05) is 0 Å². The largest absolute Gasteiger partial charge is 0.0871 e. The summed E-state index contributed by atoms with van der Waals surface area (Å²) in [5.41, 5.74) is 2.62. The van der Waals surface area contributed by atoms with Gasteiger partial charge in [-0.3, -0.25) is 0 Å². The van der Waals surface area contributed by atoms with Gasteiger partial charge in [-0.25, -0.2) is 0 Å². The topological polar surface area (TPSA) is 0 Å². The first-order valence-corrected chi connectivity index (χ1v) is 6.51. The van der Waals surface area contributed by atoms with E-state index in [0.717, 1.165) is 6.42 Å². The number of rotatable bonds is 4. The lowest BCUT2D eigenvalue weighted by atomic mass is 10.0. The molecule has 1 rings (SSSR count). The van der Waals surface area contributed by atoms with Crippen LogP contribution in [0.3, 0.4) is 0 Å². The van der Waals surface area contributed by atoms with Crippen LogP contribution in [0.15, 0.2) is 48.6 Å². The van der Waals surface area contributed by atoms with Crippen molar-refractivity contribution in [1.29, 1.82) is 0 Å². The van der Waals surface area contributed by atoms with E-state index in [2.05, 4.69) is 85.0 Å². The standard InChI is InChI=1S/C14H17I/c1-3-7-13(11-10-12(2)15)14-8-5-4-6-9-14/h3-9,11-12H,10H2,1-2H3/b7-3-,13-11+. The summed E-state index contributed by atoms with van der Waals surface area (Å²) < 4.78 is 0.687. The van der Waals surface area contributed by atoms with E-state index < -0.39 is 0 Å². The molecule has 1 aromatic rings. The lowest BCUT2D eigenvalue weighted by Gasteiger charge is -2.03. The smallest absolute Gasteiger partial charge is 0.0116 e. The van der Waals surface area contributed by atoms with Crippen LogP contribution in [0.1, 0.15) is 25.8 Å². The third-order valence-electron chi connectivity index (χ3n) is 2.12. The molecule has 0 saturated carbocycles. The van der Waals surface area contributed by atoms with Crippen molar-refractivity contribution in [2.24, 2.45) is 0 Å². The van der Waals surface area contributed by atoms with Gasteiger partial charge in [-0.15, -0.1) is 0 Å². The normalized spacial score (nSPS) is 14.5. The minimum absolute atomic E-state index is 0.687. The second-order valence-corrected chi connectivity index (χ2v) is 5.67. The molecule has 1 atom stereocenters. The second kappa shape index (κ2) is 6.83. The van der Waals surface area contributed by atoms with E-state index in [-0.39, 0.29) is 0 Å². The summed E-state index contributed by atoms with van der Waals surface area (Å²) >= 11 is 2.45. The molecule has 0 nitrogen and oxygen atoms in total. The molecule has 1 aromatic carbocycles. The van der Waals surface area contributed by atoms with E-state index >= 15 is 0 Å². The van der Waals surface area contributed by atoms with E-state index in [0.29, 0.717) is 3.92 Å². The Morgan fingerprint density at radius 3 is 2.53 bits per heavy atom. The zero-order valence-electron chi connectivity index (χ0n) is 9.28. The predicted molar refractivity (Wildman–Crippen MR) is 77.3 cm³/mol. The summed E-state index contributed by atoms with van der Waals surface area (Å²) in [6, 6.07) is 10.5. The first-order chi connectivity index (χ1) is 7.24. The minimum Gasteiger partial charge on any atom is -0.0871 e. The Hall–Kier alpha value is -0.570. The Bertz CT molecular complexity index is 334. The van der Waals surface area contributed by atoms with Crippen molar-refractivity contribution in [1.82, 2.24) is 0 Å². The molecule has 0 spiro atoms. The van der Waals surface area contributed by atoms with E-state index in [1.165, 1.54) is 11.1 Å². The van der Waals surface area contributed by atoms with E-state index in [1.807, 2.05) is 0 Å². The van der Waals surface area contributed by atoms with Crippen LogP contribution in [0, 0.1) is 0 Å². The van der Waals surface area contributed by atoms with Crippen LogP contribution in [-0.2, 0) is 0 Å². The lowest BCUT2D eigenvalue weighted by Crippen LogP contribution is -1.87. The summed E-state index contributed by atoms with van der Waals surface area (Å²) in [5.74, 6) is 0. The molecular weight excluding hydrogens is 295 g/mol. The van der Waals surface area contributed by atoms with Gasteiger partial charge < -0.3 is 0 Å². The van der Waals surface area contributed by atoms with Gasteiger partial charge in [0.15, 0.2) is 0 Å². The highest BCUT2D eigenvalue weighted by Gasteiger charge is 1.97. The number of halogens is 1. The first kappa shape index (κ1) is 12.5. The lowest BCUT2D eigenvalue weighted by molar-refractivity contribution is 1.02. The molecular formula is C14H17I. The molecule has 0 fully saturated rings. The van der Waals surface area contributed by atoms with Gasteiger partial charge >= 0.3 is 0 Å². The molecule has 0 bridgehead atoms. The number of allylic oxidation sites excluding steroid dienone is 4. The zero-order valence-corrected chi connectivity index (χ0v) is 11.4. The molecule has 0 aromatic heterocycles. The number of alkyl halides is 1. The molecule has 1 heteroatoms. The summed E-state index contributed by atoms with van der Waals surface area (Å²) in [4.78, 5) is 0. The molecule has 0 amide bonds. The Morgan fingerprint density at radius 2 is 2.00 bits per heavy atom. The third-order valence-corrected chi connectivity index (χ3v) is 2.62. The predicted octanol–water partition coefficient (Wildman–Crippen LogP) is 4.86. The fraction of sp³-hybridized carbons (Fsp3) is 0.286. The van der Waals surface area contributed by atoms with Crippen LogP contribution in [0.2, 0.25) is 0 Å². The highest BCUT2D eigenvalue weighted by molar-refractivity contribution is 14.1.